The van der Waals surface area contributed by atoms with Gasteiger partial charge in [0.25, 0.3) is 5.95 Å². The minimum atomic E-state index is -0.288. The number of carbonyl (C=O) groups is 1. The third-order valence-corrected chi connectivity index (χ3v) is 5.43. The summed E-state index contributed by atoms with van der Waals surface area (Å²) >= 11 is 16.5. The Bertz CT molecular complexity index is 1060. The maximum Gasteiger partial charge on any atom is 0.264 e. The molecule has 2 aromatic carbocycles. The van der Waals surface area contributed by atoms with Gasteiger partial charge in [-0.05, 0) is 35.9 Å². The molecule has 0 aliphatic heterocycles. The standard InChI is InChI=1S/C17H14BrCl2N7OS/c18-11-3-1-2-10(6-11)8-22-24-16-25-26-17(27(16)21)29-9-15(28)23-14-7-12(19)4-5-13(14)20/h1-8H,9,21H2,(H,23,28)(H,24,25)/b22-8+. The van der Waals surface area contributed by atoms with E-state index < -0.39 is 0 Å². The van der Waals surface area contributed by atoms with Gasteiger partial charge in [0.1, 0.15) is 0 Å². The van der Waals surface area contributed by atoms with Crippen molar-refractivity contribution in [3.8, 4) is 0 Å². The van der Waals surface area contributed by atoms with Crippen molar-refractivity contribution in [3.63, 3.8) is 0 Å². The molecule has 0 atom stereocenters. The molecule has 1 amide bonds. The fourth-order valence-corrected chi connectivity index (χ4v) is 3.52. The van der Waals surface area contributed by atoms with Crippen LogP contribution >= 0.6 is 50.9 Å². The highest BCUT2D eigenvalue weighted by atomic mass is 79.9. The number of rotatable bonds is 7. The molecule has 0 saturated heterocycles. The molecular formula is C17H14BrCl2N7OS. The minimum absolute atomic E-state index is 0.0550. The third-order valence-electron chi connectivity index (χ3n) is 3.43. The fourth-order valence-electron chi connectivity index (χ4n) is 2.11. The van der Waals surface area contributed by atoms with Crippen molar-refractivity contribution in [3.05, 3.63) is 62.5 Å². The van der Waals surface area contributed by atoms with Gasteiger partial charge in [-0.25, -0.2) is 10.1 Å². The predicted octanol–water partition coefficient (Wildman–Crippen LogP) is 4.24. The van der Waals surface area contributed by atoms with Crippen molar-refractivity contribution < 1.29 is 4.79 Å². The topological polar surface area (TPSA) is 110 Å². The van der Waals surface area contributed by atoms with Crippen molar-refractivity contribution in [1.82, 2.24) is 14.9 Å². The Kier molecular flexibility index (Phi) is 7.37. The Hall–Kier alpha value is -2.27. The van der Waals surface area contributed by atoms with Gasteiger partial charge in [-0.1, -0.05) is 63.0 Å². The second-order valence-corrected chi connectivity index (χ2v) is 8.26. The number of nitrogen functional groups attached to an aromatic ring is 1. The fraction of sp³-hybridized carbons (Fsp3) is 0.0588. The zero-order chi connectivity index (χ0) is 20.8. The average molecular weight is 515 g/mol. The van der Waals surface area contributed by atoms with Crippen LogP contribution in [0.3, 0.4) is 0 Å². The Labute approximate surface area is 189 Å². The van der Waals surface area contributed by atoms with Gasteiger partial charge < -0.3 is 11.2 Å². The van der Waals surface area contributed by atoms with Crippen molar-refractivity contribution in [1.29, 1.82) is 0 Å². The van der Waals surface area contributed by atoms with E-state index in [9.17, 15) is 4.79 Å². The van der Waals surface area contributed by atoms with E-state index in [2.05, 4.69) is 42.0 Å². The van der Waals surface area contributed by atoms with Crippen LogP contribution in [0.4, 0.5) is 11.6 Å². The number of nitrogens with two attached hydrogens (primary N) is 1. The lowest BCUT2D eigenvalue weighted by molar-refractivity contribution is -0.113. The van der Waals surface area contributed by atoms with Crippen LogP contribution in [0.15, 0.2) is 57.2 Å². The number of thioether (sulfide) groups is 1. The number of anilines is 2. The van der Waals surface area contributed by atoms with Crippen molar-refractivity contribution in [2.45, 2.75) is 5.16 Å². The Morgan fingerprint density at radius 1 is 1.28 bits per heavy atom. The molecule has 8 nitrogen and oxygen atoms in total. The summed E-state index contributed by atoms with van der Waals surface area (Å²) in [6.07, 6.45) is 1.62. The molecule has 29 heavy (non-hydrogen) atoms. The summed E-state index contributed by atoms with van der Waals surface area (Å²) in [4.78, 5) is 12.1. The SMILES string of the molecule is Nn1c(N/N=C/c2cccc(Br)c2)nnc1SCC(=O)Nc1cc(Cl)ccc1Cl. The minimum Gasteiger partial charge on any atom is -0.334 e. The first-order chi connectivity index (χ1) is 13.9. The van der Waals surface area contributed by atoms with Gasteiger partial charge in [0, 0.05) is 9.50 Å². The van der Waals surface area contributed by atoms with Crippen molar-refractivity contribution >= 4 is 74.7 Å². The number of hydrogen-bond donors (Lipinski definition) is 3. The molecule has 0 saturated carbocycles. The number of benzene rings is 2. The zero-order valence-electron chi connectivity index (χ0n) is 14.6. The second kappa shape index (κ2) is 9.97. The molecular weight excluding hydrogens is 501 g/mol. The summed E-state index contributed by atoms with van der Waals surface area (Å²) in [7, 11) is 0. The molecule has 0 aliphatic carbocycles. The van der Waals surface area contributed by atoms with Crippen LogP contribution in [0.5, 0.6) is 0 Å². The van der Waals surface area contributed by atoms with E-state index in [0.29, 0.717) is 20.9 Å². The number of nitrogens with one attached hydrogen (secondary N) is 2. The molecule has 12 heteroatoms. The number of amides is 1. The van der Waals surface area contributed by atoms with Gasteiger partial charge in [-0.15, -0.1) is 10.2 Å². The van der Waals surface area contributed by atoms with Gasteiger partial charge >= 0.3 is 0 Å². The van der Waals surface area contributed by atoms with E-state index in [-0.39, 0.29) is 17.6 Å². The number of hydrogen-bond acceptors (Lipinski definition) is 7. The van der Waals surface area contributed by atoms with Crippen LogP contribution < -0.4 is 16.6 Å². The van der Waals surface area contributed by atoms with Crippen LogP contribution in [-0.4, -0.2) is 32.7 Å². The van der Waals surface area contributed by atoms with Crippen molar-refractivity contribution in [2.75, 3.05) is 22.3 Å². The quantitative estimate of drug-likeness (QED) is 0.188. The van der Waals surface area contributed by atoms with Gasteiger partial charge in [0.15, 0.2) is 0 Å². The average Bonchev–Trinajstić information content (AvgIpc) is 3.03. The molecule has 0 aliphatic rings. The lowest BCUT2D eigenvalue weighted by Gasteiger charge is -2.07. The lowest BCUT2D eigenvalue weighted by atomic mass is 10.2. The number of halogens is 3. The smallest absolute Gasteiger partial charge is 0.264 e. The van der Waals surface area contributed by atoms with Crippen molar-refractivity contribution in [2.24, 2.45) is 5.10 Å². The first-order valence-electron chi connectivity index (χ1n) is 8.05. The monoisotopic (exact) mass is 513 g/mol. The van der Waals surface area contributed by atoms with E-state index in [0.717, 1.165) is 21.8 Å². The molecule has 0 radical (unpaired) electrons. The Morgan fingerprint density at radius 2 is 2.10 bits per heavy atom. The molecule has 1 heterocycles. The second-order valence-electron chi connectivity index (χ2n) is 5.56. The summed E-state index contributed by atoms with van der Waals surface area (Å²) in [5.41, 5.74) is 4.04. The summed E-state index contributed by atoms with van der Waals surface area (Å²) in [6.45, 7) is 0. The zero-order valence-corrected chi connectivity index (χ0v) is 18.6. The maximum atomic E-state index is 12.1. The molecule has 3 aromatic rings. The van der Waals surface area contributed by atoms with E-state index in [1.807, 2.05) is 24.3 Å². The maximum absolute atomic E-state index is 12.1. The van der Waals surface area contributed by atoms with Crippen LogP contribution in [-0.2, 0) is 4.79 Å². The summed E-state index contributed by atoms with van der Waals surface area (Å²) < 4.78 is 2.15. The molecule has 150 valence electrons. The first kappa shape index (κ1) is 21.4. The number of nitrogens with zero attached hydrogens (tertiary/aromatic N) is 4. The van der Waals surface area contributed by atoms with Crippen LogP contribution in [0.2, 0.25) is 10.0 Å². The molecule has 1 aromatic heterocycles. The Morgan fingerprint density at radius 3 is 2.90 bits per heavy atom. The van der Waals surface area contributed by atoms with E-state index >= 15 is 0 Å². The molecule has 0 bridgehead atoms. The predicted molar refractivity (Wildman–Crippen MR) is 121 cm³/mol. The highest BCUT2D eigenvalue weighted by Crippen LogP contribution is 2.26. The molecule has 0 fully saturated rings. The van der Waals surface area contributed by atoms with Crippen LogP contribution in [0.25, 0.3) is 0 Å². The molecule has 0 spiro atoms. The molecule has 0 unspecified atom stereocenters. The summed E-state index contributed by atoms with van der Waals surface area (Å²) in [5.74, 6) is 5.95. The largest absolute Gasteiger partial charge is 0.334 e. The third kappa shape index (κ3) is 6.10. The van der Waals surface area contributed by atoms with Gasteiger partial charge in [0.05, 0.1) is 22.7 Å². The lowest BCUT2D eigenvalue weighted by Crippen LogP contribution is -2.17. The Balaban J connectivity index is 1.55. The highest BCUT2D eigenvalue weighted by molar-refractivity contribution is 9.10. The highest BCUT2D eigenvalue weighted by Gasteiger charge is 2.13. The first-order valence-corrected chi connectivity index (χ1v) is 10.6. The normalized spacial score (nSPS) is 11.0. The van der Waals surface area contributed by atoms with Gasteiger partial charge in [-0.3, -0.25) is 4.79 Å². The van der Waals surface area contributed by atoms with Crippen LogP contribution in [0.1, 0.15) is 5.56 Å². The van der Waals surface area contributed by atoms with Gasteiger partial charge in [-0.2, -0.15) is 5.10 Å². The van der Waals surface area contributed by atoms with E-state index in [1.165, 1.54) is 4.68 Å². The van der Waals surface area contributed by atoms with E-state index in [1.54, 1.807) is 24.4 Å². The number of carbonyl (C=O) groups excluding carboxylic acids is 1. The van der Waals surface area contributed by atoms with Gasteiger partial charge in [0.2, 0.25) is 11.1 Å². The summed E-state index contributed by atoms with van der Waals surface area (Å²) in [6, 6.07) is 12.4. The molecule has 3 rings (SSSR count). The number of hydrazone groups is 1. The van der Waals surface area contributed by atoms with Crippen LogP contribution in [0, 0.1) is 0 Å². The van der Waals surface area contributed by atoms with E-state index in [4.69, 9.17) is 29.0 Å². The summed E-state index contributed by atoms with van der Waals surface area (Å²) in [5, 5.41) is 15.8. The molecule has 4 N–H and O–H groups in total. The number of aromatic nitrogens is 3.